The van der Waals surface area contributed by atoms with E-state index < -0.39 is 0 Å². The van der Waals surface area contributed by atoms with Crippen molar-refractivity contribution in [3.05, 3.63) is 29.8 Å². The van der Waals surface area contributed by atoms with Crippen LogP contribution in [0.2, 0.25) is 0 Å². The molecule has 0 radical (unpaired) electrons. The summed E-state index contributed by atoms with van der Waals surface area (Å²) in [5, 5.41) is 8.64. The standard InChI is InChI=1S/C14H20N2O/c1-12(8-10-15)16(2)11-9-13-4-6-14(17-3)7-5-13/h4-7,12H,8-9,11H2,1-3H3. The van der Waals surface area contributed by atoms with Gasteiger partial charge in [0, 0.05) is 12.6 Å². The molecule has 0 aromatic heterocycles. The van der Waals surface area contributed by atoms with Gasteiger partial charge in [0.2, 0.25) is 0 Å². The fourth-order valence-corrected chi connectivity index (χ4v) is 1.61. The molecule has 0 heterocycles. The van der Waals surface area contributed by atoms with Crippen molar-refractivity contribution in [1.29, 1.82) is 5.26 Å². The summed E-state index contributed by atoms with van der Waals surface area (Å²) in [4.78, 5) is 2.22. The predicted molar refractivity (Wildman–Crippen MR) is 69.0 cm³/mol. The minimum Gasteiger partial charge on any atom is -0.497 e. The van der Waals surface area contributed by atoms with Gasteiger partial charge >= 0.3 is 0 Å². The number of nitriles is 1. The van der Waals surface area contributed by atoms with Crippen LogP contribution in [-0.4, -0.2) is 31.6 Å². The molecule has 0 aliphatic carbocycles. The van der Waals surface area contributed by atoms with Crippen molar-refractivity contribution in [2.75, 3.05) is 20.7 Å². The molecule has 0 saturated heterocycles. The van der Waals surface area contributed by atoms with Gasteiger partial charge in [0.1, 0.15) is 5.75 Å². The van der Waals surface area contributed by atoms with E-state index in [1.165, 1.54) is 5.56 Å². The Labute approximate surface area is 104 Å². The van der Waals surface area contributed by atoms with Crippen molar-refractivity contribution in [2.24, 2.45) is 0 Å². The van der Waals surface area contributed by atoms with E-state index in [0.717, 1.165) is 18.7 Å². The molecule has 0 bridgehead atoms. The summed E-state index contributed by atoms with van der Waals surface area (Å²) < 4.78 is 5.12. The Morgan fingerprint density at radius 2 is 2.00 bits per heavy atom. The van der Waals surface area contributed by atoms with Crippen LogP contribution in [-0.2, 0) is 6.42 Å². The molecule has 1 aromatic carbocycles. The van der Waals surface area contributed by atoms with E-state index in [0.29, 0.717) is 12.5 Å². The zero-order valence-corrected chi connectivity index (χ0v) is 10.8. The number of methoxy groups -OCH3 is 1. The highest BCUT2D eigenvalue weighted by molar-refractivity contribution is 5.27. The van der Waals surface area contributed by atoms with Gasteiger partial charge in [-0.25, -0.2) is 0 Å². The molecule has 1 unspecified atom stereocenters. The normalized spacial score (nSPS) is 12.2. The zero-order chi connectivity index (χ0) is 12.7. The van der Waals surface area contributed by atoms with E-state index in [1.54, 1.807) is 7.11 Å². The van der Waals surface area contributed by atoms with Crippen LogP contribution < -0.4 is 4.74 Å². The maximum Gasteiger partial charge on any atom is 0.118 e. The molecule has 92 valence electrons. The molecule has 3 nitrogen and oxygen atoms in total. The second-order valence-corrected chi connectivity index (χ2v) is 4.29. The molecule has 1 aromatic rings. The number of benzene rings is 1. The number of hydrogen-bond donors (Lipinski definition) is 0. The average Bonchev–Trinajstić information content (AvgIpc) is 2.36. The van der Waals surface area contributed by atoms with Crippen LogP contribution in [0.5, 0.6) is 5.75 Å². The zero-order valence-electron chi connectivity index (χ0n) is 10.8. The smallest absolute Gasteiger partial charge is 0.118 e. The molecule has 3 heteroatoms. The Hall–Kier alpha value is -1.53. The van der Waals surface area contributed by atoms with Gasteiger partial charge in [-0.15, -0.1) is 0 Å². The molecule has 0 aliphatic heterocycles. The van der Waals surface area contributed by atoms with Crippen molar-refractivity contribution in [3.8, 4) is 11.8 Å². The number of ether oxygens (including phenoxy) is 1. The molecular formula is C14H20N2O. The van der Waals surface area contributed by atoms with Gasteiger partial charge in [0.15, 0.2) is 0 Å². The molecule has 1 rings (SSSR count). The first kappa shape index (κ1) is 13.5. The summed E-state index contributed by atoms with van der Waals surface area (Å²) in [5.41, 5.74) is 1.29. The van der Waals surface area contributed by atoms with Gasteiger partial charge in [-0.1, -0.05) is 12.1 Å². The van der Waals surface area contributed by atoms with Crippen molar-refractivity contribution in [2.45, 2.75) is 25.8 Å². The summed E-state index contributed by atoms with van der Waals surface area (Å²) in [6.45, 7) is 3.05. The second-order valence-electron chi connectivity index (χ2n) is 4.29. The number of likely N-dealkylation sites (N-methyl/N-ethyl adjacent to an activating group) is 1. The maximum atomic E-state index is 8.64. The Morgan fingerprint density at radius 3 is 2.53 bits per heavy atom. The molecule has 0 saturated carbocycles. The van der Waals surface area contributed by atoms with E-state index in [2.05, 4.69) is 37.1 Å². The van der Waals surface area contributed by atoms with Crippen molar-refractivity contribution in [3.63, 3.8) is 0 Å². The van der Waals surface area contributed by atoms with Crippen LogP contribution in [0.15, 0.2) is 24.3 Å². The summed E-state index contributed by atoms with van der Waals surface area (Å²) in [6.07, 6.45) is 1.58. The maximum absolute atomic E-state index is 8.64. The third-order valence-electron chi connectivity index (χ3n) is 3.05. The summed E-state index contributed by atoms with van der Waals surface area (Å²) in [6, 6.07) is 10.7. The van der Waals surface area contributed by atoms with Crippen molar-refractivity contribution in [1.82, 2.24) is 4.90 Å². The molecule has 0 aliphatic rings. The summed E-state index contributed by atoms with van der Waals surface area (Å²) in [7, 11) is 3.73. The Bertz CT molecular complexity index is 367. The van der Waals surface area contributed by atoms with Gasteiger partial charge in [0.25, 0.3) is 0 Å². The quantitative estimate of drug-likeness (QED) is 0.756. The molecular weight excluding hydrogens is 212 g/mol. The largest absolute Gasteiger partial charge is 0.497 e. The molecule has 17 heavy (non-hydrogen) atoms. The highest BCUT2D eigenvalue weighted by Crippen LogP contribution is 2.12. The molecule has 0 spiro atoms. The Kier molecular flexibility index (Phi) is 5.51. The lowest BCUT2D eigenvalue weighted by Gasteiger charge is -2.22. The van der Waals surface area contributed by atoms with E-state index in [-0.39, 0.29) is 0 Å². The minimum atomic E-state index is 0.318. The van der Waals surface area contributed by atoms with Crippen LogP contribution in [0, 0.1) is 11.3 Å². The van der Waals surface area contributed by atoms with Crippen LogP contribution in [0.3, 0.4) is 0 Å². The summed E-state index contributed by atoms with van der Waals surface area (Å²) >= 11 is 0. The first-order chi connectivity index (χ1) is 8.17. The number of rotatable bonds is 6. The highest BCUT2D eigenvalue weighted by atomic mass is 16.5. The molecule has 0 N–H and O–H groups in total. The molecule has 0 amide bonds. The fourth-order valence-electron chi connectivity index (χ4n) is 1.61. The highest BCUT2D eigenvalue weighted by Gasteiger charge is 2.08. The van der Waals surface area contributed by atoms with Crippen molar-refractivity contribution >= 4 is 0 Å². The lowest BCUT2D eigenvalue weighted by molar-refractivity contribution is 0.264. The Balaban J connectivity index is 2.42. The first-order valence-corrected chi connectivity index (χ1v) is 5.87. The fraction of sp³-hybridized carbons (Fsp3) is 0.500. The van der Waals surface area contributed by atoms with Gasteiger partial charge in [0.05, 0.1) is 19.6 Å². The average molecular weight is 232 g/mol. The van der Waals surface area contributed by atoms with E-state index >= 15 is 0 Å². The Morgan fingerprint density at radius 1 is 1.35 bits per heavy atom. The van der Waals surface area contributed by atoms with Crippen molar-refractivity contribution < 1.29 is 4.74 Å². The third kappa shape index (κ3) is 4.46. The van der Waals surface area contributed by atoms with Gasteiger partial charge in [-0.2, -0.15) is 5.26 Å². The summed E-state index contributed by atoms with van der Waals surface area (Å²) in [5.74, 6) is 0.889. The van der Waals surface area contributed by atoms with Gasteiger partial charge < -0.3 is 9.64 Å². The van der Waals surface area contributed by atoms with Gasteiger partial charge in [-0.3, -0.25) is 0 Å². The number of hydrogen-bond acceptors (Lipinski definition) is 3. The lowest BCUT2D eigenvalue weighted by atomic mass is 10.1. The van der Waals surface area contributed by atoms with E-state index in [9.17, 15) is 0 Å². The van der Waals surface area contributed by atoms with Crippen LogP contribution >= 0.6 is 0 Å². The predicted octanol–water partition coefficient (Wildman–Crippen LogP) is 2.47. The first-order valence-electron chi connectivity index (χ1n) is 5.87. The lowest BCUT2D eigenvalue weighted by Crippen LogP contribution is -2.30. The van der Waals surface area contributed by atoms with Crippen LogP contribution in [0.1, 0.15) is 18.9 Å². The van der Waals surface area contributed by atoms with Gasteiger partial charge in [-0.05, 0) is 38.1 Å². The second kappa shape index (κ2) is 6.93. The molecule has 1 atom stereocenters. The monoisotopic (exact) mass is 232 g/mol. The molecule has 0 fully saturated rings. The van der Waals surface area contributed by atoms with E-state index in [1.807, 2.05) is 12.1 Å². The topological polar surface area (TPSA) is 36.3 Å². The van der Waals surface area contributed by atoms with Crippen LogP contribution in [0.25, 0.3) is 0 Å². The number of nitrogens with zero attached hydrogens (tertiary/aromatic N) is 2. The minimum absolute atomic E-state index is 0.318. The SMILES string of the molecule is COc1ccc(CCN(C)C(C)CC#N)cc1. The van der Waals surface area contributed by atoms with E-state index in [4.69, 9.17) is 10.00 Å². The van der Waals surface area contributed by atoms with Crippen LogP contribution in [0.4, 0.5) is 0 Å². The third-order valence-corrected chi connectivity index (χ3v) is 3.05.